The number of hydrogen-bond donors (Lipinski definition) is 1. The van der Waals surface area contributed by atoms with Crippen LogP contribution >= 0.6 is 22.6 Å². The summed E-state index contributed by atoms with van der Waals surface area (Å²) in [4.78, 5) is 14.1. The number of halogens is 1. The number of fused-ring (bicyclic) bond motifs is 1. The van der Waals surface area contributed by atoms with E-state index in [0.717, 1.165) is 11.3 Å². The first-order valence-electron chi connectivity index (χ1n) is 6.85. The average Bonchev–Trinajstić information content (AvgIpc) is 3.17. The van der Waals surface area contributed by atoms with E-state index in [-0.39, 0.29) is 18.0 Å². The van der Waals surface area contributed by atoms with Crippen molar-refractivity contribution in [1.29, 1.82) is 0 Å². The Bertz CT molecular complexity index is 527. The van der Waals surface area contributed by atoms with Gasteiger partial charge in [-0.3, -0.25) is 4.79 Å². The molecular weight excluding hydrogens is 351 g/mol. The highest BCUT2D eigenvalue weighted by atomic mass is 127. The first-order chi connectivity index (χ1) is 9.00. The van der Waals surface area contributed by atoms with E-state index in [1.807, 2.05) is 4.90 Å². The number of benzene rings is 1. The summed E-state index contributed by atoms with van der Waals surface area (Å²) in [7, 11) is 0. The smallest absolute Gasteiger partial charge is 0.224 e. The molecule has 1 heterocycles. The van der Waals surface area contributed by atoms with Crippen LogP contribution in [0.2, 0.25) is 0 Å². The molecule has 3 nitrogen and oxygen atoms in total. The predicted molar refractivity (Wildman–Crippen MR) is 84.9 cm³/mol. The number of rotatable bonds is 1. The molecule has 1 amide bonds. The highest BCUT2D eigenvalue weighted by Crippen LogP contribution is 2.48. The molecule has 3 rings (SSSR count). The Balaban J connectivity index is 2.13. The van der Waals surface area contributed by atoms with E-state index < -0.39 is 0 Å². The van der Waals surface area contributed by atoms with E-state index in [0.29, 0.717) is 11.8 Å². The lowest BCUT2D eigenvalue weighted by atomic mass is 9.80. The van der Waals surface area contributed by atoms with Crippen molar-refractivity contribution in [3.63, 3.8) is 0 Å². The molecule has 1 aliphatic carbocycles. The summed E-state index contributed by atoms with van der Waals surface area (Å²) in [6, 6.07) is 6.54. The maximum Gasteiger partial charge on any atom is 0.224 e. The topological polar surface area (TPSA) is 46.3 Å². The molecule has 0 saturated heterocycles. The molecule has 0 bridgehead atoms. The Morgan fingerprint density at radius 2 is 2.11 bits per heavy atom. The number of nitrogens with zero attached hydrogens (tertiary/aromatic N) is 1. The molecule has 0 spiro atoms. The fourth-order valence-corrected chi connectivity index (χ4v) is 3.88. The van der Waals surface area contributed by atoms with Crippen molar-refractivity contribution in [3.05, 3.63) is 27.3 Å². The minimum atomic E-state index is 0.0333. The molecule has 1 fully saturated rings. The summed E-state index contributed by atoms with van der Waals surface area (Å²) < 4.78 is 1.17. The first kappa shape index (κ1) is 13.4. The van der Waals surface area contributed by atoms with Gasteiger partial charge in [-0.1, -0.05) is 6.92 Å². The minimum Gasteiger partial charge on any atom is -0.324 e. The van der Waals surface area contributed by atoms with Crippen LogP contribution in [0, 0.1) is 15.4 Å². The van der Waals surface area contributed by atoms with Crippen LogP contribution in [-0.4, -0.2) is 11.9 Å². The van der Waals surface area contributed by atoms with Crippen LogP contribution in [0.5, 0.6) is 0 Å². The highest BCUT2D eigenvalue weighted by molar-refractivity contribution is 14.1. The molecule has 4 heteroatoms. The Morgan fingerprint density at radius 3 is 2.68 bits per heavy atom. The van der Waals surface area contributed by atoms with Crippen LogP contribution < -0.4 is 10.6 Å². The maximum atomic E-state index is 12.1. The average molecular weight is 370 g/mol. The molecule has 0 radical (unpaired) electrons. The Morgan fingerprint density at radius 1 is 1.42 bits per heavy atom. The number of amides is 1. The van der Waals surface area contributed by atoms with Gasteiger partial charge in [0.1, 0.15) is 0 Å². The Labute approximate surface area is 127 Å². The van der Waals surface area contributed by atoms with Crippen LogP contribution in [0.3, 0.4) is 0 Å². The fourth-order valence-electron chi connectivity index (χ4n) is 3.36. The predicted octanol–water partition coefficient (Wildman–Crippen LogP) is 3.07. The molecule has 3 atom stereocenters. The molecule has 19 heavy (non-hydrogen) atoms. The third-order valence-electron chi connectivity index (χ3n) is 4.46. The summed E-state index contributed by atoms with van der Waals surface area (Å²) in [6.07, 6.45) is 2.45. The lowest BCUT2D eigenvalue weighted by molar-refractivity contribution is -0.117. The third-order valence-corrected chi connectivity index (χ3v) is 5.13. The van der Waals surface area contributed by atoms with Crippen molar-refractivity contribution in [2.75, 3.05) is 4.90 Å². The standard InChI is InChI=1S/C15H19IN2O/c1-8-14(17)12-7-11(16)5-6-13(12)18(9(2)19)15(8)10-3-4-10/h5-8,10,14-15H,3-4,17H2,1-2H3/t8-,14-,15-/m1/s1. The van der Waals surface area contributed by atoms with Gasteiger partial charge in [0.05, 0.1) is 0 Å². The van der Waals surface area contributed by atoms with Gasteiger partial charge in [0.25, 0.3) is 0 Å². The van der Waals surface area contributed by atoms with Crippen molar-refractivity contribution in [2.24, 2.45) is 17.6 Å². The first-order valence-corrected chi connectivity index (χ1v) is 7.93. The van der Waals surface area contributed by atoms with Gasteiger partial charge >= 0.3 is 0 Å². The van der Waals surface area contributed by atoms with Gasteiger partial charge in [-0.2, -0.15) is 0 Å². The second-order valence-corrected chi connectivity index (χ2v) is 7.05. The van der Waals surface area contributed by atoms with Gasteiger partial charge in [-0.15, -0.1) is 0 Å². The number of anilines is 1. The lowest BCUT2D eigenvalue weighted by Gasteiger charge is -2.44. The molecular formula is C15H19IN2O. The van der Waals surface area contributed by atoms with Gasteiger partial charge in [0.15, 0.2) is 0 Å². The molecule has 1 aromatic rings. The largest absolute Gasteiger partial charge is 0.324 e. The molecule has 1 saturated carbocycles. The van der Waals surface area contributed by atoms with Crippen molar-refractivity contribution in [1.82, 2.24) is 0 Å². The Kier molecular flexibility index (Phi) is 3.33. The molecule has 1 aliphatic heterocycles. The third kappa shape index (κ3) is 2.18. The van der Waals surface area contributed by atoms with E-state index >= 15 is 0 Å². The van der Waals surface area contributed by atoms with Crippen molar-refractivity contribution in [3.8, 4) is 0 Å². The van der Waals surface area contributed by atoms with Crippen molar-refractivity contribution in [2.45, 2.75) is 38.8 Å². The van der Waals surface area contributed by atoms with E-state index in [2.05, 4.69) is 47.7 Å². The summed E-state index contributed by atoms with van der Waals surface area (Å²) in [5.41, 5.74) is 8.58. The second-order valence-electron chi connectivity index (χ2n) is 5.81. The van der Waals surface area contributed by atoms with Crippen LogP contribution in [0.1, 0.15) is 38.3 Å². The summed E-state index contributed by atoms with van der Waals surface area (Å²) >= 11 is 2.30. The SMILES string of the molecule is CC(=O)N1c2ccc(I)cc2[C@H](N)[C@@H](C)[C@@H]1C1CC1. The van der Waals surface area contributed by atoms with Crippen molar-refractivity contribution < 1.29 is 4.79 Å². The minimum absolute atomic E-state index is 0.0333. The lowest BCUT2D eigenvalue weighted by Crippen LogP contribution is -2.51. The zero-order chi connectivity index (χ0) is 13.7. The van der Waals surface area contributed by atoms with Gasteiger partial charge < -0.3 is 10.6 Å². The van der Waals surface area contributed by atoms with Crippen LogP contribution in [0.15, 0.2) is 18.2 Å². The molecule has 0 aromatic heterocycles. The van der Waals surface area contributed by atoms with Gasteiger partial charge in [0.2, 0.25) is 5.91 Å². The fraction of sp³-hybridized carbons (Fsp3) is 0.533. The summed E-state index contributed by atoms with van der Waals surface area (Å²) in [5, 5.41) is 0. The highest BCUT2D eigenvalue weighted by Gasteiger charge is 2.46. The molecule has 2 aliphatic rings. The van der Waals surface area contributed by atoms with E-state index in [9.17, 15) is 4.79 Å². The van der Waals surface area contributed by atoms with E-state index in [1.165, 1.54) is 16.4 Å². The van der Waals surface area contributed by atoms with E-state index in [4.69, 9.17) is 5.73 Å². The normalized spacial score (nSPS) is 30.1. The number of carbonyl (C=O) groups is 1. The zero-order valence-electron chi connectivity index (χ0n) is 11.3. The van der Waals surface area contributed by atoms with Crippen molar-refractivity contribution >= 4 is 34.2 Å². The second kappa shape index (κ2) is 4.74. The Hall–Kier alpha value is -0.620. The van der Waals surface area contributed by atoms with Gasteiger partial charge in [-0.25, -0.2) is 0 Å². The summed E-state index contributed by atoms with van der Waals surface area (Å²) in [5.74, 6) is 1.09. The zero-order valence-corrected chi connectivity index (χ0v) is 13.4. The number of carbonyl (C=O) groups excluding carboxylic acids is 1. The van der Waals surface area contributed by atoms with Gasteiger partial charge in [-0.05, 0) is 71.0 Å². The summed E-state index contributed by atoms with van der Waals surface area (Å²) in [6.45, 7) is 3.85. The number of nitrogens with two attached hydrogens (primary N) is 1. The van der Waals surface area contributed by atoms with Crippen LogP contribution in [0.4, 0.5) is 5.69 Å². The quantitative estimate of drug-likeness (QED) is 0.773. The monoisotopic (exact) mass is 370 g/mol. The number of hydrogen-bond acceptors (Lipinski definition) is 2. The molecule has 0 unspecified atom stereocenters. The van der Waals surface area contributed by atoms with Crippen LogP contribution in [0.25, 0.3) is 0 Å². The molecule has 102 valence electrons. The molecule has 2 N–H and O–H groups in total. The van der Waals surface area contributed by atoms with Gasteiger partial charge in [0, 0.05) is 28.3 Å². The maximum absolute atomic E-state index is 12.1. The van der Waals surface area contributed by atoms with Crippen LogP contribution in [-0.2, 0) is 4.79 Å². The molecule has 1 aromatic carbocycles. The van der Waals surface area contributed by atoms with E-state index in [1.54, 1.807) is 6.92 Å².